The van der Waals surface area contributed by atoms with Crippen molar-refractivity contribution < 1.29 is 28.6 Å². The molecular formula is C70H128O6. The van der Waals surface area contributed by atoms with Gasteiger partial charge >= 0.3 is 17.9 Å². The third kappa shape index (κ3) is 62.2. The van der Waals surface area contributed by atoms with E-state index in [0.717, 1.165) is 77.0 Å². The molecule has 444 valence electrons. The molecule has 6 nitrogen and oxygen atoms in total. The Balaban J connectivity index is 4.33. The minimum atomic E-state index is -0.781. The largest absolute Gasteiger partial charge is 0.462 e. The summed E-state index contributed by atoms with van der Waals surface area (Å²) in [5, 5.41) is 0. The summed E-state index contributed by atoms with van der Waals surface area (Å²) >= 11 is 0. The summed E-state index contributed by atoms with van der Waals surface area (Å²) in [6.45, 7) is 6.66. The van der Waals surface area contributed by atoms with Crippen molar-refractivity contribution in [3.05, 3.63) is 48.6 Å². The van der Waals surface area contributed by atoms with Crippen LogP contribution in [0.1, 0.15) is 361 Å². The molecule has 0 spiro atoms. The average molecular weight is 1070 g/mol. The SMILES string of the molecule is CCCCCC/C=C\C/C=C\CCCCCCCC(=O)OCC(COC(=O)CCCCCCCCCCCCC/C=C\CCCCCCCCCC)OC(=O)CCCCCCCCCCC/C=C\CCCCCCCC. The summed E-state index contributed by atoms with van der Waals surface area (Å²) in [7, 11) is 0. The second kappa shape index (κ2) is 64.9. The fourth-order valence-corrected chi connectivity index (χ4v) is 9.94. The first-order valence-corrected chi connectivity index (χ1v) is 33.6. The quantitative estimate of drug-likeness (QED) is 0.0261. The summed E-state index contributed by atoms with van der Waals surface area (Å²) in [5.41, 5.74) is 0. The number of carbonyl (C=O) groups excluding carboxylic acids is 3. The van der Waals surface area contributed by atoms with Crippen LogP contribution in [0.2, 0.25) is 0 Å². The predicted octanol–water partition coefficient (Wildman–Crippen LogP) is 22.9. The Hall–Kier alpha value is -2.63. The van der Waals surface area contributed by atoms with Gasteiger partial charge in [0.05, 0.1) is 0 Å². The molecular weight excluding hydrogens is 937 g/mol. The summed E-state index contributed by atoms with van der Waals surface area (Å²) in [4.78, 5) is 38.4. The maximum atomic E-state index is 12.9. The number of esters is 3. The van der Waals surface area contributed by atoms with Gasteiger partial charge in [-0.05, 0) is 103 Å². The Labute approximate surface area is 473 Å². The predicted molar refractivity (Wildman–Crippen MR) is 330 cm³/mol. The highest BCUT2D eigenvalue weighted by atomic mass is 16.6. The molecule has 1 atom stereocenters. The van der Waals surface area contributed by atoms with E-state index in [1.165, 1.54) is 244 Å². The molecule has 0 saturated heterocycles. The third-order valence-electron chi connectivity index (χ3n) is 15.0. The molecule has 0 bridgehead atoms. The van der Waals surface area contributed by atoms with E-state index in [1.807, 2.05) is 0 Å². The van der Waals surface area contributed by atoms with E-state index >= 15 is 0 Å². The monoisotopic (exact) mass is 1060 g/mol. The first-order valence-electron chi connectivity index (χ1n) is 33.6. The molecule has 0 amide bonds. The van der Waals surface area contributed by atoms with Gasteiger partial charge in [0.2, 0.25) is 0 Å². The second-order valence-corrected chi connectivity index (χ2v) is 22.7. The van der Waals surface area contributed by atoms with Crippen molar-refractivity contribution in [1.82, 2.24) is 0 Å². The normalized spacial score (nSPS) is 12.3. The summed E-state index contributed by atoms with van der Waals surface area (Å²) in [6, 6.07) is 0. The van der Waals surface area contributed by atoms with Crippen molar-refractivity contribution in [2.75, 3.05) is 13.2 Å². The second-order valence-electron chi connectivity index (χ2n) is 22.7. The Morgan fingerprint density at radius 2 is 0.474 bits per heavy atom. The molecule has 0 fully saturated rings. The molecule has 1 unspecified atom stereocenters. The molecule has 6 heteroatoms. The highest BCUT2D eigenvalue weighted by Crippen LogP contribution is 2.17. The van der Waals surface area contributed by atoms with Crippen molar-refractivity contribution in [1.29, 1.82) is 0 Å². The molecule has 0 aliphatic rings. The van der Waals surface area contributed by atoms with E-state index in [9.17, 15) is 14.4 Å². The van der Waals surface area contributed by atoms with Gasteiger partial charge in [0.1, 0.15) is 13.2 Å². The lowest BCUT2D eigenvalue weighted by Crippen LogP contribution is -2.30. The Morgan fingerprint density at radius 3 is 0.750 bits per heavy atom. The van der Waals surface area contributed by atoms with E-state index in [4.69, 9.17) is 14.2 Å². The Bertz CT molecular complexity index is 1310. The van der Waals surface area contributed by atoms with Crippen LogP contribution >= 0.6 is 0 Å². The molecule has 0 rings (SSSR count). The minimum absolute atomic E-state index is 0.0762. The highest BCUT2D eigenvalue weighted by molar-refractivity contribution is 5.71. The summed E-state index contributed by atoms with van der Waals surface area (Å²) in [6.07, 6.45) is 81.2. The van der Waals surface area contributed by atoms with E-state index < -0.39 is 6.10 Å². The Morgan fingerprint density at radius 1 is 0.263 bits per heavy atom. The number of hydrogen-bond acceptors (Lipinski definition) is 6. The number of allylic oxidation sites excluding steroid dienone is 8. The topological polar surface area (TPSA) is 78.9 Å². The Kier molecular flexibility index (Phi) is 62.6. The van der Waals surface area contributed by atoms with Gasteiger partial charge in [0.25, 0.3) is 0 Å². The molecule has 0 aliphatic carbocycles. The number of rotatable bonds is 62. The van der Waals surface area contributed by atoms with Crippen molar-refractivity contribution >= 4 is 17.9 Å². The van der Waals surface area contributed by atoms with Crippen LogP contribution in [0, 0.1) is 0 Å². The van der Waals surface area contributed by atoms with Crippen LogP contribution in [0.25, 0.3) is 0 Å². The van der Waals surface area contributed by atoms with E-state index in [-0.39, 0.29) is 31.1 Å². The number of ether oxygens (including phenoxy) is 3. The number of unbranched alkanes of at least 4 members (excludes halogenated alkanes) is 43. The molecule has 0 aromatic rings. The van der Waals surface area contributed by atoms with Gasteiger partial charge in [0.15, 0.2) is 6.10 Å². The molecule has 0 saturated carbocycles. The third-order valence-corrected chi connectivity index (χ3v) is 15.0. The van der Waals surface area contributed by atoms with Crippen LogP contribution in [0.5, 0.6) is 0 Å². The van der Waals surface area contributed by atoms with Crippen LogP contribution in [-0.4, -0.2) is 37.2 Å². The van der Waals surface area contributed by atoms with Crippen molar-refractivity contribution in [3.8, 4) is 0 Å². The molecule has 76 heavy (non-hydrogen) atoms. The molecule has 0 radical (unpaired) electrons. The first kappa shape index (κ1) is 73.4. The first-order chi connectivity index (χ1) is 37.5. The van der Waals surface area contributed by atoms with Gasteiger partial charge in [-0.15, -0.1) is 0 Å². The van der Waals surface area contributed by atoms with Gasteiger partial charge in [-0.25, -0.2) is 0 Å². The molecule has 0 heterocycles. The molecule has 0 aromatic carbocycles. The summed E-state index contributed by atoms with van der Waals surface area (Å²) < 4.78 is 17.0. The van der Waals surface area contributed by atoms with Gasteiger partial charge in [-0.3, -0.25) is 14.4 Å². The van der Waals surface area contributed by atoms with Gasteiger partial charge in [-0.1, -0.05) is 288 Å². The van der Waals surface area contributed by atoms with Gasteiger partial charge in [0, 0.05) is 19.3 Å². The van der Waals surface area contributed by atoms with Crippen LogP contribution in [-0.2, 0) is 28.6 Å². The van der Waals surface area contributed by atoms with Crippen LogP contribution < -0.4 is 0 Å². The minimum Gasteiger partial charge on any atom is -0.462 e. The van der Waals surface area contributed by atoms with E-state index in [0.29, 0.717) is 19.3 Å². The fraction of sp³-hybridized carbons (Fsp3) is 0.843. The van der Waals surface area contributed by atoms with Gasteiger partial charge in [-0.2, -0.15) is 0 Å². The lowest BCUT2D eigenvalue weighted by atomic mass is 10.0. The zero-order valence-electron chi connectivity index (χ0n) is 51.0. The van der Waals surface area contributed by atoms with Crippen molar-refractivity contribution in [2.24, 2.45) is 0 Å². The lowest BCUT2D eigenvalue weighted by Gasteiger charge is -2.18. The van der Waals surface area contributed by atoms with Crippen molar-refractivity contribution in [2.45, 2.75) is 367 Å². The lowest BCUT2D eigenvalue weighted by molar-refractivity contribution is -0.167. The smallest absolute Gasteiger partial charge is 0.306 e. The highest BCUT2D eigenvalue weighted by Gasteiger charge is 2.19. The van der Waals surface area contributed by atoms with Gasteiger partial charge < -0.3 is 14.2 Å². The average Bonchev–Trinajstić information content (AvgIpc) is 3.42. The number of carbonyl (C=O) groups is 3. The fourth-order valence-electron chi connectivity index (χ4n) is 9.94. The van der Waals surface area contributed by atoms with E-state index in [1.54, 1.807) is 0 Å². The van der Waals surface area contributed by atoms with Crippen molar-refractivity contribution in [3.63, 3.8) is 0 Å². The molecule has 0 aliphatic heterocycles. The zero-order valence-corrected chi connectivity index (χ0v) is 51.0. The molecule has 0 N–H and O–H groups in total. The summed E-state index contributed by atoms with van der Waals surface area (Å²) in [5.74, 6) is -0.871. The van der Waals surface area contributed by atoms with E-state index in [2.05, 4.69) is 69.4 Å². The maximum Gasteiger partial charge on any atom is 0.306 e. The standard InChI is InChI=1S/C70H128O6/c1-4-7-10-13-16-19-22-25-28-31-33-34-35-36-38-39-42-45-48-51-54-57-60-63-69(72)75-66-67(65-74-68(71)62-59-56-53-50-47-44-41-30-27-24-21-18-15-12-9-6-3)76-70(73)64-61-58-55-52-49-46-43-40-37-32-29-26-23-20-17-14-11-8-5-2/h21,24,26,29-31,33,41,67H,4-20,22-23,25,27-28,32,34-40,42-66H2,1-3H3/b24-21-,29-26-,33-31-,41-30-. The number of hydrogen-bond donors (Lipinski definition) is 0. The van der Waals surface area contributed by atoms with Crippen LogP contribution in [0.15, 0.2) is 48.6 Å². The zero-order chi connectivity index (χ0) is 55.0. The molecule has 0 aromatic heterocycles. The van der Waals surface area contributed by atoms with Crippen LogP contribution in [0.3, 0.4) is 0 Å². The maximum absolute atomic E-state index is 12.9. The van der Waals surface area contributed by atoms with Crippen LogP contribution in [0.4, 0.5) is 0 Å².